The van der Waals surface area contributed by atoms with Crippen LogP contribution in [-0.2, 0) is 4.79 Å². The van der Waals surface area contributed by atoms with E-state index in [1.807, 2.05) is 55.5 Å². The highest BCUT2D eigenvalue weighted by Gasteiger charge is 2.06. The number of nitrogens with one attached hydrogen (secondary N) is 2. The van der Waals surface area contributed by atoms with Gasteiger partial charge in [0, 0.05) is 23.5 Å². The van der Waals surface area contributed by atoms with Crippen LogP contribution in [0.4, 0.5) is 11.4 Å². The maximum atomic E-state index is 12.1. The molecule has 0 saturated heterocycles. The molecule has 1 atom stereocenters. The van der Waals surface area contributed by atoms with Crippen LogP contribution in [0.2, 0.25) is 0 Å². The van der Waals surface area contributed by atoms with Crippen molar-refractivity contribution in [3.05, 3.63) is 48.5 Å². The number of anilines is 2. The van der Waals surface area contributed by atoms with Crippen LogP contribution in [0.15, 0.2) is 48.5 Å². The smallest absolute Gasteiger partial charge is 0.243 e. The van der Waals surface area contributed by atoms with Gasteiger partial charge in [-0.3, -0.25) is 4.79 Å². The van der Waals surface area contributed by atoms with Crippen LogP contribution >= 0.6 is 0 Å². The fourth-order valence-corrected chi connectivity index (χ4v) is 2.08. The maximum absolute atomic E-state index is 12.1. The van der Waals surface area contributed by atoms with E-state index in [2.05, 4.69) is 17.6 Å². The monoisotopic (exact) mass is 328 g/mol. The number of ether oxygens (including phenoxy) is 2. The van der Waals surface area contributed by atoms with Gasteiger partial charge >= 0.3 is 0 Å². The lowest BCUT2D eigenvalue weighted by Gasteiger charge is -2.14. The van der Waals surface area contributed by atoms with E-state index in [1.54, 1.807) is 7.11 Å². The molecule has 128 valence electrons. The molecule has 0 aliphatic heterocycles. The summed E-state index contributed by atoms with van der Waals surface area (Å²) in [6.07, 6.45) is 1.08. The van der Waals surface area contributed by atoms with Crippen molar-refractivity contribution in [2.75, 3.05) is 24.3 Å². The lowest BCUT2D eigenvalue weighted by Crippen LogP contribution is -2.21. The molecule has 2 aromatic rings. The van der Waals surface area contributed by atoms with Crippen LogP contribution in [0.3, 0.4) is 0 Å². The molecule has 2 rings (SSSR count). The number of benzene rings is 2. The Morgan fingerprint density at radius 2 is 1.75 bits per heavy atom. The lowest BCUT2D eigenvalue weighted by atomic mass is 10.2. The van der Waals surface area contributed by atoms with Crippen molar-refractivity contribution in [2.24, 2.45) is 0 Å². The number of hydrogen-bond acceptors (Lipinski definition) is 4. The van der Waals surface area contributed by atoms with Crippen molar-refractivity contribution in [3.63, 3.8) is 0 Å². The Bertz CT molecular complexity index is 673. The minimum atomic E-state index is -0.126. The van der Waals surface area contributed by atoms with Gasteiger partial charge in [-0.25, -0.2) is 0 Å². The minimum absolute atomic E-state index is 0.126. The summed E-state index contributed by atoms with van der Waals surface area (Å²) in [7, 11) is 1.61. The number of methoxy groups -OCH3 is 1. The fraction of sp³-hybridized carbons (Fsp3) is 0.316. The van der Waals surface area contributed by atoms with Gasteiger partial charge in [0.1, 0.15) is 11.5 Å². The second-order valence-electron chi connectivity index (χ2n) is 5.50. The molecule has 0 radical (unpaired) electrons. The highest BCUT2D eigenvalue weighted by Crippen LogP contribution is 2.19. The van der Waals surface area contributed by atoms with Crippen LogP contribution in [0.1, 0.15) is 20.3 Å². The van der Waals surface area contributed by atoms with Crippen LogP contribution in [-0.4, -0.2) is 25.7 Å². The van der Waals surface area contributed by atoms with Gasteiger partial charge in [-0.1, -0.05) is 19.1 Å². The standard InChI is InChI=1S/C19H24N2O3/c1-4-14(2)24-18-10-6-8-16(12-18)21-19(22)13-20-15-7-5-9-17(11-15)23-3/h5-12,14,20H,4,13H2,1-3H3,(H,21,22). The zero-order valence-electron chi connectivity index (χ0n) is 14.3. The highest BCUT2D eigenvalue weighted by atomic mass is 16.5. The van der Waals surface area contributed by atoms with E-state index in [9.17, 15) is 4.79 Å². The molecule has 0 heterocycles. The summed E-state index contributed by atoms with van der Waals surface area (Å²) in [5.74, 6) is 1.37. The van der Waals surface area contributed by atoms with Crippen molar-refractivity contribution >= 4 is 17.3 Å². The first-order valence-corrected chi connectivity index (χ1v) is 8.05. The maximum Gasteiger partial charge on any atom is 0.243 e. The van der Waals surface area contributed by atoms with Crippen molar-refractivity contribution in [2.45, 2.75) is 26.4 Å². The Hall–Kier alpha value is -2.69. The van der Waals surface area contributed by atoms with Gasteiger partial charge in [0.25, 0.3) is 0 Å². The number of carbonyl (C=O) groups is 1. The predicted molar refractivity (Wildman–Crippen MR) is 96.9 cm³/mol. The van der Waals surface area contributed by atoms with Crippen molar-refractivity contribution < 1.29 is 14.3 Å². The summed E-state index contributed by atoms with van der Waals surface area (Å²) >= 11 is 0. The second-order valence-corrected chi connectivity index (χ2v) is 5.50. The summed E-state index contributed by atoms with van der Waals surface area (Å²) in [6.45, 7) is 4.26. The lowest BCUT2D eigenvalue weighted by molar-refractivity contribution is -0.114. The third kappa shape index (κ3) is 5.50. The highest BCUT2D eigenvalue weighted by molar-refractivity contribution is 5.93. The van der Waals surface area contributed by atoms with E-state index in [4.69, 9.17) is 9.47 Å². The van der Waals surface area contributed by atoms with E-state index < -0.39 is 0 Å². The van der Waals surface area contributed by atoms with Gasteiger partial charge in [0.2, 0.25) is 5.91 Å². The van der Waals surface area contributed by atoms with E-state index >= 15 is 0 Å². The largest absolute Gasteiger partial charge is 0.497 e. The molecule has 1 unspecified atom stereocenters. The second kappa shape index (κ2) is 8.82. The Morgan fingerprint density at radius 1 is 1.08 bits per heavy atom. The molecule has 1 amide bonds. The van der Waals surface area contributed by atoms with Gasteiger partial charge in [-0.15, -0.1) is 0 Å². The van der Waals surface area contributed by atoms with Gasteiger partial charge in [-0.2, -0.15) is 0 Å². The number of rotatable bonds is 8. The molecular formula is C19H24N2O3. The molecule has 2 aromatic carbocycles. The quantitative estimate of drug-likeness (QED) is 0.771. The molecular weight excluding hydrogens is 304 g/mol. The molecule has 5 nitrogen and oxygen atoms in total. The normalized spacial score (nSPS) is 11.5. The summed E-state index contributed by atoms with van der Waals surface area (Å²) in [5.41, 5.74) is 1.55. The first kappa shape index (κ1) is 17.7. The van der Waals surface area contributed by atoms with Gasteiger partial charge < -0.3 is 20.1 Å². The van der Waals surface area contributed by atoms with E-state index in [-0.39, 0.29) is 18.6 Å². The Labute approximate surface area is 143 Å². The van der Waals surface area contributed by atoms with Crippen LogP contribution in [0.5, 0.6) is 11.5 Å². The minimum Gasteiger partial charge on any atom is -0.497 e. The molecule has 2 N–H and O–H groups in total. The summed E-state index contributed by atoms with van der Waals surface area (Å²) in [5, 5.41) is 5.93. The van der Waals surface area contributed by atoms with Gasteiger partial charge in [0.05, 0.1) is 19.8 Å². The van der Waals surface area contributed by atoms with Gasteiger partial charge in [0.15, 0.2) is 0 Å². The molecule has 0 saturated carbocycles. The fourth-order valence-electron chi connectivity index (χ4n) is 2.08. The Kier molecular flexibility index (Phi) is 6.49. The van der Waals surface area contributed by atoms with Crippen molar-refractivity contribution in [3.8, 4) is 11.5 Å². The molecule has 0 aromatic heterocycles. The zero-order valence-corrected chi connectivity index (χ0v) is 14.3. The molecule has 0 fully saturated rings. The average molecular weight is 328 g/mol. The molecule has 0 aliphatic rings. The molecule has 0 aliphatic carbocycles. The molecule has 0 spiro atoms. The first-order chi connectivity index (χ1) is 11.6. The predicted octanol–water partition coefficient (Wildman–Crippen LogP) is 3.92. The average Bonchev–Trinajstić information content (AvgIpc) is 2.60. The number of hydrogen-bond donors (Lipinski definition) is 2. The Morgan fingerprint density at radius 3 is 2.46 bits per heavy atom. The Balaban J connectivity index is 1.88. The third-order valence-electron chi connectivity index (χ3n) is 3.55. The summed E-state index contributed by atoms with van der Waals surface area (Å²) < 4.78 is 10.9. The molecule has 24 heavy (non-hydrogen) atoms. The van der Waals surface area contributed by atoms with E-state index in [0.29, 0.717) is 5.69 Å². The van der Waals surface area contributed by atoms with Gasteiger partial charge in [-0.05, 0) is 37.6 Å². The third-order valence-corrected chi connectivity index (χ3v) is 3.55. The van der Waals surface area contributed by atoms with Crippen LogP contribution < -0.4 is 20.1 Å². The first-order valence-electron chi connectivity index (χ1n) is 8.05. The van der Waals surface area contributed by atoms with E-state index in [1.165, 1.54) is 0 Å². The van der Waals surface area contributed by atoms with Crippen molar-refractivity contribution in [1.82, 2.24) is 0 Å². The summed E-state index contributed by atoms with van der Waals surface area (Å²) in [6, 6.07) is 14.9. The van der Waals surface area contributed by atoms with Crippen LogP contribution in [0.25, 0.3) is 0 Å². The number of amides is 1. The molecule has 5 heteroatoms. The molecule has 0 bridgehead atoms. The van der Waals surface area contributed by atoms with E-state index in [0.717, 1.165) is 23.6 Å². The zero-order chi connectivity index (χ0) is 17.4. The summed E-state index contributed by atoms with van der Waals surface area (Å²) in [4.78, 5) is 12.1. The van der Waals surface area contributed by atoms with Crippen molar-refractivity contribution in [1.29, 1.82) is 0 Å². The number of carbonyl (C=O) groups excluding carboxylic acids is 1. The topological polar surface area (TPSA) is 59.6 Å². The SMILES string of the molecule is CCC(C)Oc1cccc(NC(=O)CNc2cccc(OC)c2)c1. The van der Waals surface area contributed by atoms with Crippen LogP contribution in [0, 0.1) is 0 Å².